The molecule has 1 unspecified atom stereocenters. The zero-order valence-electron chi connectivity index (χ0n) is 12.8. The Hall–Kier alpha value is -1.30. The molecule has 120 valence electrons. The highest BCUT2D eigenvalue weighted by Crippen LogP contribution is 2.30. The van der Waals surface area contributed by atoms with Gasteiger partial charge in [0.2, 0.25) is 0 Å². The standard InChI is InChI=1S/C15H22F4N2/c1-5-20-11(3)12-9-13(16)10(2)8-14(12)21(4)7-6-15(17,18)19/h8-9,11,20H,5-7H2,1-4H3. The number of aryl methyl sites for hydroxylation is 1. The van der Waals surface area contributed by atoms with Crippen molar-refractivity contribution in [3.05, 3.63) is 29.1 Å². The van der Waals surface area contributed by atoms with Gasteiger partial charge >= 0.3 is 6.18 Å². The molecule has 0 aliphatic carbocycles. The van der Waals surface area contributed by atoms with Crippen molar-refractivity contribution in [3.8, 4) is 0 Å². The van der Waals surface area contributed by atoms with Crippen LogP contribution in [0.2, 0.25) is 0 Å². The van der Waals surface area contributed by atoms with Gasteiger partial charge in [-0.25, -0.2) is 4.39 Å². The maximum atomic E-state index is 13.8. The lowest BCUT2D eigenvalue weighted by Gasteiger charge is -2.26. The van der Waals surface area contributed by atoms with Crippen LogP contribution in [0.4, 0.5) is 23.2 Å². The summed E-state index contributed by atoms with van der Waals surface area (Å²) in [6.45, 7) is 5.95. The normalized spacial score (nSPS) is 13.3. The van der Waals surface area contributed by atoms with Gasteiger partial charge in [0.25, 0.3) is 0 Å². The second-order valence-electron chi connectivity index (χ2n) is 5.23. The molecule has 1 aromatic carbocycles. The highest BCUT2D eigenvalue weighted by molar-refractivity contribution is 5.56. The maximum Gasteiger partial charge on any atom is 0.390 e. The molecular weight excluding hydrogens is 284 g/mol. The van der Waals surface area contributed by atoms with E-state index < -0.39 is 12.6 Å². The predicted octanol–water partition coefficient (Wildman–Crippen LogP) is 4.19. The van der Waals surface area contributed by atoms with Gasteiger partial charge in [-0.1, -0.05) is 6.92 Å². The molecule has 0 aliphatic heterocycles. The minimum atomic E-state index is -4.20. The highest BCUT2D eigenvalue weighted by atomic mass is 19.4. The van der Waals surface area contributed by atoms with E-state index >= 15 is 0 Å². The number of nitrogens with zero attached hydrogens (tertiary/aromatic N) is 1. The third-order valence-corrected chi connectivity index (χ3v) is 3.43. The SMILES string of the molecule is CCNC(C)c1cc(F)c(C)cc1N(C)CCC(F)(F)F. The molecular formula is C15H22F4N2. The molecule has 6 heteroatoms. The first-order chi connectivity index (χ1) is 9.65. The highest BCUT2D eigenvalue weighted by Gasteiger charge is 2.28. The zero-order chi connectivity index (χ0) is 16.2. The first-order valence-electron chi connectivity index (χ1n) is 6.97. The Bertz CT molecular complexity index is 471. The monoisotopic (exact) mass is 306 g/mol. The number of alkyl halides is 3. The van der Waals surface area contributed by atoms with Gasteiger partial charge in [0.1, 0.15) is 5.82 Å². The van der Waals surface area contributed by atoms with Crippen LogP contribution < -0.4 is 10.2 Å². The molecule has 0 bridgehead atoms. The van der Waals surface area contributed by atoms with Gasteiger partial charge in [-0.3, -0.25) is 0 Å². The van der Waals surface area contributed by atoms with Crippen LogP contribution in [0.15, 0.2) is 12.1 Å². The largest absolute Gasteiger partial charge is 0.390 e. The summed E-state index contributed by atoms with van der Waals surface area (Å²) in [6.07, 6.45) is -5.09. The molecule has 21 heavy (non-hydrogen) atoms. The van der Waals surface area contributed by atoms with Crippen LogP contribution >= 0.6 is 0 Å². The lowest BCUT2D eigenvalue weighted by molar-refractivity contribution is -0.132. The van der Waals surface area contributed by atoms with Gasteiger partial charge in [-0.05, 0) is 43.7 Å². The quantitative estimate of drug-likeness (QED) is 0.793. The fourth-order valence-corrected chi connectivity index (χ4v) is 2.19. The Labute approximate surface area is 123 Å². The van der Waals surface area contributed by atoms with Crippen molar-refractivity contribution in [2.45, 2.75) is 39.4 Å². The van der Waals surface area contributed by atoms with E-state index in [4.69, 9.17) is 0 Å². The minimum Gasteiger partial charge on any atom is -0.374 e. The molecule has 0 aliphatic rings. The maximum absolute atomic E-state index is 13.8. The Morgan fingerprint density at radius 2 is 1.90 bits per heavy atom. The molecule has 2 nitrogen and oxygen atoms in total. The van der Waals surface area contributed by atoms with Gasteiger partial charge in [0.05, 0.1) is 6.42 Å². The van der Waals surface area contributed by atoms with Crippen LogP contribution in [0.5, 0.6) is 0 Å². The summed E-state index contributed by atoms with van der Waals surface area (Å²) < 4.78 is 50.8. The van der Waals surface area contributed by atoms with E-state index in [1.54, 1.807) is 20.0 Å². The van der Waals surface area contributed by atoms with Gasteiger partial charge in [0.15, 0.2) is 0 Å². The molecule has 0 saturated heterocycles. The molecule has 1 aromatic rings. The van der Waals surface area contributed by atoms with Crippen molar-refractivity contribution in [2.24, 2.45) is 0 Å². The lowest BCUT2D eigenvalue weighted by Crippen LogP contribution is -2.27. The molecule has 0 aromatic heterocycles. The fourth-order valence-electron chi connectivity index (χ4n) is 2.19. The van der Waals surface area contributed by atoms with Crippen molar-refractivity contribution >= 4 is 5.69 Å². The number of anilines is 1. The van der Waals surface area contributed by atoms with E-state index in [-0.39, 0.29) is 18.4 Å². The van der Waals surface area contributed by atoms with Crippen LogP contribution in [-0.2, 0) is 0 Å². The summed E-state index contributed by atoms with van der Waals surface area (Å²) in [5.74, 6) is -0.345. The van der Waals surface area contributed by atoms with Crippen molar-refractivity contribution < 1.29 is 17.6 Å². The Morgan fingerprint density at radius 1 is 1.29 bits per heavy atom. The molecule has 0 heterocycles. The number of rotatable bonds is 6. The number of hydrogen-bond acceptors (Lipinski definition) is 2. The summed E-state index contributed by atoms with van der Waals surface area (Å²) in [4.78, 5) is 1.53. The van der Waals surface area contributed by atoms with Gasteiger partial charge in [-0.2, -0.15) is 13.2 Å². The van der Waals surface area contributed by atoms with Crippen molar-refractivity contribution in [1.29, 1.82) is 0 Å². The Morgan fingerprint density at radius 3 is 2.43 bits per heavy atom. The second kappa shape index (κ2) is 7.11. The Balaban J connectivity index is 3.05. The van der Waals surface area contributed by atoms with Gasteiger partial charge in [-0.15, -0.1) is 0 Å². The molecule has 0 fully saturated rings. The van der Waals surface area contributed by atoms with Crippen molar-refractivity contribution in [3.63, 3.8) is 0 Å². The third kappa shape index (κ3) is 5.19. The lowest BCUT2D eigenvalue weighted by atomic mass is 10.0. The van der Waals surface area contributed by atoms with Crippen molar-refractivity contribution in [2.75, 3.05) is 25.0 Å². The van der Waals surface area contributed by atoms with Gasteiger partial charge in [0, 0.05) is 25.3 Å². The first-order valence-corrected chi connectivity index (χ1v) is 6.97. The second-order valence-corrected chi connectivity index (χ2v) is 5.23. The van der Waals surface area contributed by atoms with Crippen LogP contribution in [-0.4, -0.2) is 26.3 Å². The first kappa shape index (κ1) is 17.8. The molecule has 1 atom stereocenters. The predicted molar refractivity (Wildman–Crippen MR) is 77.2 cm³/mol. The van der Waals surface area contributed by atoms with E-state index in [2.05, 4.69) is 5.32 Å². The minimum absolute atomic E-state index is 0.131. The van der Waals surface area contributed by atoms with Crippen LogP contribution in [0, 0.1) is 12.7 Å². The summed E-state index contributed by atoms with van der Waals surface area (Å²) >= 11 is 0. The smallest absolute Gasteiger partial charge is 0.374 e. The van der Waals surface area contributed by atoms with Crippen molar-refractivity contribution in [1.82, 2.24) is 5.32 Å². The number of benzene rings is 1. The van der Waals surface area contributed by atoms with E-state index in [1.165, 1.54) is 11.0 Å². The van der Waals surface area contributed by atoms with E-state index in [9.17, 15) is 17.6 Å². The summed E-state index contributed by atoms with van der Waals surface area (Å²) in [7, 11) is 1.60. The number of halogens is 4. The number of nitrogens with one attached hydrogen (secondary N) is 1. The van der Waals surface area contributed by atoms with Crippen LogP contribution in [0.25, 0.3) is 0 Å². The fraction of sp³-hybridized carbons (Fsp3) is 0.600. The van der Waals surface area contributed by atoms with Crippen LogP contribution in [0.1, 0.15) is 37.4 Å². The van der Waals surface area contributed by atoms with Gasteiger partial charge < -0.3 is 10.2 Å². The number of hydrogen-bond donors (Lipinski definition) is 1. The van der Waals surface area contributed by atoms with E-state index in [0.717, 1.165) is 0 Å². The third-order valence-electron chi connectivity index (χ3n) is 3.43. The topological polar surface area (TPSA) is 15.3 Å². The Kier molecular flexibility index (Phi) is 6.01. The molecule has 1 N–H and O–H groups in total. The molecule has 1 rings (SSSR count). The average molecular weight is 306 g/mol. The summed E-state index contributed by atoms with van der Waals surface area (Å²) in [5.41, 5.74) is 1.73. The van der Waals surface area contributed by atoms with E-state index in [0.29, 0.717) is 23.4 Å². The van der Waals surface area contributed by atoms with E-state index in [1.807, 2.05) is 13.8 Å². The molecule has 0 amide bonds. The molecule has 0 spiro atoms. The summed E-state index contributed by atoms with van der Waals surface area (Å²) in [6, 6.07) is 2.88. The summed E-state index contributed by atoms with van der Waals surface area (Å²) in [5, 5.41) is 3.16. The molecule has 0 saturated carbocycles. The van der Waals surface area contributed by atoms with Crippen LogP contribution in [0.3, 0.4) is 0 Å². The molecule has 0 radical (unpaired) electrons. The average Bonchev–Trinajstić information content (AvgIpc) is 2.38. The zero-order valence-corrected chi connectivity index (χ0v) is 12.8.